The van der Waals surface area contributed by atoms with Gasteiger partial charge < -0.3 is 19.4 Å². The number of carbonyl (C=O) groups is 2. The summed E-state index contributed by atoms with van der Waals surface area (Å²) in [5.74, 6) is -0.587. The maximum Gasteiger partial charge on any atom is 2.00 e. The molecule has 58 heavy (non-hydrogen) atoms. The maximum atomic E-state index is 12.5. The number of fused-ring (bicyclic) bond motifs is 21. The molecule has 0 fully saturated rings. The molecule has 0 N–H and O–H groups in total. The second-order valence-electron chi connectivity index (χ2n) is 14.4. The minimum atomic E-state index is -0.295. The smallest absolute Gasteiger partial charge is 0.657 e. The molecule has 10 rings (SSSR count). The van der Waals surface area contributed by atoms with Crippen LogP contribution in [0.4, 0.5) is 0 Å². The van der Waals surface area contributed by atoms with Gasteiger partial charge >= 0.3 is 28.4 Å². The van der Waals surface area contributed by atoms with Gasteiger partial charge in [0, 0.05) is 12.8 Å². The third kappa shape index (κ3) is 5.97. The summed E-state index contributed by atoms with van der Waals surface area (Å²) in [6, 6.07) is 29.0. The quantitative estimate of drug-likeness (QED) is 0.0907. The fourth-order valence-electron chi connectivity index (χ4n) is 8.49. The average Bonchev–Trinajstić information content (AvgIpc) is 4.04. The molecule has 2 aliphatic rings. The van der Waals surface area contributed by atoms with Gasteiger partial charge in [-0.15, -0.1) is 22.1 Å². The topological polar surface area (TPSA) is 132 Å². The first-order chi connectivity index (χ1) is 27.8. The number of benzene rings is 4. The zero-order chi connectivity index (χ0) is 38.9. The number of carbonyl (C=O) groups excluding carboxylic acids is 2. The fourth-order valence-corrected chi connectivity index (χ4v) is 9.03. The van der Waals surface area contributed by atoms with Gasteiger partial charge in [0.2, 0.25) is 0 Å². The molecule has 0 saturated carbocycles. The molecule has 12 heteroatoms. The average molecular weight is 826 g/mol. The Labute approximate surface area is 346 Å². The molecule has 0 spiro atoms. The molecule has 288 valence electrons. The number of hydrogen-bond acceptors (Lipinski definition) is 9. The molecule has 10 nitrogen and oxygen atoms in total. The predicted molar refractivity (Wildman–Crippen MR) is 227 cm³/mol. The van der Waals surface area contributed by atoms with Crippen LogP contribution < -0.4 is 9.97 Å². The number of rotatable bonds is 6. The molecule has 8 bridgehead atoms. The summed E-state index contributed by atoms with van der Waals surface area (Å²) in [6.07, 6.45) is 1.27. The van der Waals surface area contributed by atoms with E-state index >= 15 is 0 Å². The summed E-state index contributed by atoms with van der Waals surface area (Å²) >= 11 is 1.16. The van der Waals surface area contributed by atoms with Crippen LogP contribution in [0, 0.1) is 0 Å². The van der Waals surface area contributed by atoms with E-state index in [0.717, 1.165) is 116 Å². The molecule has 0 aliphatic carbocycles. The second kappa shape index (κ2) is 14.6. The minimum absolute atomic E-state index is 0. The predicted octanol–water partition coefficient (Wildman–Crippen LogP) is 9.96. The van der Waals surface area contributed by atoms with Crippen molar-refractivity contribution in [3.8, 4) is 0 Å². The molecule has 0 unspecified atom stereocenters. The van der Waals surface area contributed by atoms with E-state index in [9.17, 15) is 9.59 Å². The number of aromatic nitrogens is 6. The Morgan fingerprint density at radius 1 is 0.569 bits per heavy atom. The zero-order valence-electron chi connectivity index (χ0n) is 32.0. The number of hydrogen-bond donors (Lipinski definition) is 0. The van der Waals surface area contributed by atoms with E-state index in [2.05, 4.69) is 78.9 Å². The van der Waals surface area contributed by atoms with Crippen LogP contribution in [0.2, 0.25) is 0 Å². The molecule has 6 heterocycles. The van der Waals surface area contributed by atoms with Crippen molar-refractivity contribution in [3.05, 3.63) is 108 Å². The van der Waals surface area contributed by atoms with E-state index < -0.39 is 0 Å². The first-order valence-electron chi connectivity index (χ1n) is 18.8. The van der Waals surface area contributed by atoms with Crippen LogP contribution in [0.5, 0.6) is 0 Å². The number of nitrogens with zero attached hydrogens (tertiary/aromatic N) is 6. The molecule has 4 aromatic heterocycles. The van der Waals surface area contributed by atoms with Crippen LogP contribution in [0.15, 0.2) is 84.9 Å². The van der Waals surface area contributed by atoms with Crippen molar-refractivity contribution in [2.24, 2.45) is 0 Å². The second-order valence-corrected chi connectivity index (χ2v) is 15.0. The fraction of sp³-hybridized carbons (Fsp3) is 0.174. The van der Waals surface area contributed by atoms with E-state index in [1.807, 2.05) is 24.3 Å². The number of esters is 2. The summed E-state index contributed by atoms with van der Waals surface area (Å²) < 4.78 is 19.4. The van der Waals surface area contributed by atoms with Gasteiger partial charge in [0.25, 0.3) is 0 Å². The third-order valence-electron chi connectivity index (χ3n) is 11.4. The van der Waals surface area contributed by atoms with Gasteiger partial charge in [-0.2, -0.15) is 8.75 Å². The van der Waals surface area contributed by atoms with E-state index in [0.29, 0.717) is 29.6 Å². The van der Waals surface area contributed by atoms with Gasteiger partial charge in [-0.1, -0.05) is 78.9 Å². The van der Waals surface area contributed by atoms with Crippen molar-refractivity contribution >= 4 is 122 Å². The Hall–Kier alpha value is -6.23. The normalized spacial score (nSPS) is 13.0. The summed E-state index contributed by atoms with van der Waals surface area (Å²) in [5.41, 5.74) is 11.3. The van der Waals surface area contributed by atoms with Gasteiger partial charge in [-0.3, -0.25) is 9.59 Å². The molecular formula is C46H34N6NiO4S. The molecule has 0 saturated heterocycles. The monoisotopic (exact) mass is 824 g/mol. The number of allylic oxidation sites excluding steroid dienone is 4. The zero-order valence-corrected chi connectivity index (χ0v) is 33.8. The van der Waals surface area contributed by atoms with Crippen molar-refractivity contribution < 1.29 is 35.6 Å². The van der Waals surface area contributed by atoms with E-state index in [1.165, 1.54) is 14.2 Å². The van der Waals surface area contributed by atoms with Gasteiger partial charge in [0.05, 0.1) is 48.7 Å². The van der Waals surface area contributed by atoms with Crippen LogP contribution in [0.1, 0.15) is 62.3 Å². The number of methoxy groups -OCH3 is 2. The third-order valence-corrected chi connectivity index (χ3v) is 11.9. The van der Waals surface area contributed by atoms with Crippen LogP contribution in [0.25, 0.3) is 98.5 Å². The van der Waals surface area contributed by atoms with E-state index in [4.69, 9.17) is 33.8 Å². The summed E-state index contributed by atoms with van der Waals surface area (Å²) in [5, 5.41) is 8.26. The van der Waals surface area contributed by atoms with Crippen molar-refractivity contribution in [1.82, 2.24) is 28.7 Å². The van der Waals surface area contributed by atoms with Crippen LogP contribution >= 0.6 is 11.7 Å². The first-order valence-corrected chi connectivity index (χ1v) is 19.5. The van der Waals surface area contributed by atoms with Crippen molar-refractivity contribution in [2.45, 2.75) is 39.5 Å². The van der Waals surface area contributed by atoms with Gasteiger partial charge in [0.15, 0.2) is 0 Å². The van der Waals surface area contributed by atoms with Crippen LogP contribution in [-0.4, -0.2) is 44.9 Å². The van der Waals surface area contributed by atoms with Crippen LogP contribution in [0.3, 0.4) is 0 Å². The summed E-state index contributed by atoms with van der Waals surface area (Å²) in [7, 11) is 2.81. The Balaban J connectivity index is 0.00000436. The van der Waals surface area contributed by atoms with Crippen molar-refractivity contribution in [2.75, 3.05) is 14.2 Å². The molecule has 4 aromatic carbocycles. The van der Waals surface area contributed by atoms with Crippen molar-refractivity contribution in [1.29, 1.82) is 0 Å². The SMILES string of the molecule is COC(=O)CCC1=C(C)c2cc3[n-]c(cc4nc(cc5[n-]c(cc1n2)c1ccc2nsnc2c51)C(CCC(=O)OC)=C4C)c1c2ccccc2c2ccccc2c31.[Ni+2]. The molecule has 0 radical (unpaired) electrons. The Kier molecular flexibility index (Phi) is 9.41. The Morgan fingerprint density at radius 3 is 1.57 bits per heavy atom. The molecule has 0 atom stereocenters. The van der Waals surface area contributed by atoms with Gasteiger partial charge in [0.1, 0.15) is 11.0 Å². The summed E-state index contributed by atoms with van der Waals surface area (Å²) in [4.78, 5) is 46.2. The summed E-state index contributed by atoms with van der Waals surface area (Å²) in [6.45, 7) is 4.10. The molecule has 0 amide bonds. The van der Waals surface area contributed by atoms with Crippen LogP contribution in [-0.2, 0) is 35.6 Å². The van der Waals surface area contributed by atoms with E-state index in [1.54, 1.807) is 0 Å². The minimum Gasteiger partial charge on any atom is -0.657 e. The van der Waals surface area contributed by atoms with E-state index in [-0.39, 0.29) is 41.3 Å². The Morgan fingerprint density at radius 2 is 1.03 bits per heavy atom. The number of ether oxygens (including phenoxy) is 2. The van der Waals surface area contributed by atoms with Crippen molar-refractivity contribution in [3.63, 3.8) is 0 Å². The van der Waals surface area contributed by atoms with Gasteiger partial charge in [-0.25, -0.2) is 9.97 Å². The maximum absolute atomic E-state index is 12.5. The molecule has 8 aromatic rings. The molecule has 2 aliphatic heterocycles. The standard InChI is InChI=1S/C46H34N6O4S.Ni/c1-23-25(14-17-41(53)55-3)35-21-37-31-13-16-32-46(52-57-51-32)45(31)40(49-37)22-36-26(15-18-42(54)56-4)24(2)34(48-36)20-39-44-30-12-8-6-10-28(30)27-9-5-7-11-29(27)43(44)38(50-39)19-33(23)47-35;/h5-13,16,19-22H,14-15,17-18H2,1-4H3;/q-2;+2. The Bertz CT molecular complexity index is 3300. The van der Waals surface area contributed by atoms with Gasteiger partial charge in [-0.05, 0) is 98.1 Å². The molecular weight excluding hydrogens is 791 g/mol. The largest absolute Gasteiger partial charge is 2.00 e. The first kappa shape index (κ1) is 37.4.